The van der Waals surface area contributed by atoms with Crippen LogP contribution in [0.3, 0.4) is 0 Å². The Labute approximate surface area is 121 Å². The molecule has 0 bridgehead atoms. The number of hydrogen-bond acceptors (Lipinski definition) is 3. The number of carbonyl (C=O) groups is 1. The molecule has 1 N–H and O–H groups in total. The Morgan fingerprint density at radius 3 is 2.20 bits per heavy atom. The summed E-state index contributed by atoms with van der Waals surface area (Å²) < 4.78 is 11.6. The third-order valence-electron chi connectivity index (χ3n) is 4.73. The number of fused-ring (bicyclic) bond motifs is 1. The first-order valence-corrected chi connectivity index (χ1v) is 7.26. The first kappa shape index (κ1) is 12.3. The number of carboxylic acid groups (broad SMARTS) is 1. The number of hydrogen-bond donors (Lipinski definition) is 1. The second-order valence-corrected chi connectivity index (χ2v) is 6.65. The minimum atomic E-state index is -0.820. The average Bonchev–Trinajstić information content (AvgIpc) is 3.30. The van der Waals surface area contributed by atoms with Crippen LogP contribution in [0.15, 0.2) is 12.1 Å². The highest BCUT2D eigenvalue weighted by atomic mass is 35.5. The van der Waals surface area contributed by atoms with Gasteiger partial charge < -0.3 is 14.6 Å². The number of benzene rings is 1. The molecule has 2 saturated carbocycles. The topological polar surface area (TPSA) is 55.8 Å². The zero-order valence-electron chi connectivity index (χ0n) is 10.9. The van der Waals surface area contributed by atoms with Crippen molar-refractivity contribution in [3.63, 3.8) is 0 Å². The molecule has 1 aromatic rings. The van der Waals surface area contributed by atoms with Crippen LogP contribution in [0.2, 0.25) is 5.02 Å². The first-order chi connectivity index (χ1) is 9.55. The van der Waals surface area contributed by atoms with E-state index in [0.29, 0.717) is 48.1 Å². The fourth-order valence-electron chi connectivity index (χ4n) is 2.82. The van der Waals surface area contributed by atoms with Gasteiger partial charge in [-0.15, -0.1) is 0 Å². The van der Waals surface area contributed by atoms with E-state index >= 15 is 0 Å². The second-order valence-electron chi connectivity index (χ2n) is 6.24. The van der Waals surface area contributed by atoms with Crippen molar-refractivity contribution in [3.05, 3.63) is 22.7 Å². The molecule has 1 aromatic carbocycles. The zero-order chi connectivity index (χ0) is 14.0. The summed E-state index contributed by atoms with van der Waals surface area (Å²) in [5.41, 5.74) is -0.00448. The van der Waals surface area contributed by atoms with Crippen molar-refractivity contribution in [1.29, 1.82) is 0 Å². The molecule has 4 rings (SSSR count). The molecule has 3 aliphatic rings. The van der Waals surface area contributed by atoms with Crippen molar-refractivity contribution < 1.29 is 19.4 Å². The molecule has 1 heterocycles. The van der Waals surface area contributed by atoms with Gasteiger partial charge in [-0.1, -0.05) is 11.6 Å². The number of carboxylic acids is 1. The van der Waals surface area contributed by atoms with Crippen LogP contribution in [0.4, 0.5) is 0 Å². The Hall–Kier alpha value is -1.42. The molecule has 20 heavy (non-hydrogen) atoms. The molecule has 0 unspecified atom stereocenters. The van der Waals surface area contributed by atoms with Crippen LogP contribution in [0.5, 0.6) is 11.5 Å². The largest absolute Gasteiger partial charge is 0.489 e. The molecule has 0 atom stereocenters. The highest BCUT2D eigenvalue weighted by Gasteiger charge is 2.53. The summed E-state index contributed by atoms with van der Waals surface area (Å²) in [6, 6.07) is 3.47. The summed E-state index contributed by atoms with van der Waals surface area (Å²) in [5, 5.41) is 9.86. The van der Waals surface area contributed by atoms with Crippen molar-refractivity contribution in [2.75, 3.05) is 13.2 Å². The Bertz CT molecular complexity index is 602. The Balaban J connectivity index is 1.73. The number of ether oxygens (including phenoxy) is 2. The zero-order valence-corrected chi connectivity index (χ0v) is 11.7. The molecule has 5 heteroatoms. The molecule has 1 spiro atoms. The SMILES string of the molecule is O=C(O)C1(c2cc3c(cc2Cl)OCC2(CC2)CO3)CC1. The van der Waals surface area contributed by atoms with Gasteiger partial charge in [0.05, 0.1) is 18.6 Å². The molecule has 0 aromatic heterocycles. The molecular formula is C15H15ClO4. The van der Waals surface area contributed by atoms with Gasteiger partial charge in [0.25, 0.3) is 0 Å². The minimum Gasteiger partial charge on any atom is -0.489 e. The molecule has 0 saturated heterocycles. The second kappa shape index (κ2) is 3.82. The van der Waals surface area contributed by atoms with Crippen molar-refractivity contribution in [2.24, 2.45) is 5.41 Å². The number of aliphatic carboxylic acids is 1. The van der Waals surface area contributed by atoms with Gasteiger partial charge in [0.15, 0.2) is 11.5 Å². The van der Waals surface area contributed by atoms with E-state index in [0.717, 1.165) is 12.8 Å². The lowest BCUT2D eigenvalue weighted by molar-refractivity contribution is -0.140. The third-order valence-corrected chi connectivity index (χ3v) is 5.05. The molecule has 0 amide bonds. The predicted octanol–water partition coefficient (Wildman–Crippen LogP) is 3.01. The molecule has 106 valence electrons. The van der Waals surface area contributed by atoms with Crippen molar-refractivity contribution in [2.45, 2.75) is 31.1 Å². The standard InChI is InChI=1S/C15H15ClO4/c16-10-6-12-11(19-7-14(1-2-14)8-20-12)5-9(10)15(3-4-15)13(17)18/h5-6H,1-4,7-8H2,(H,17,18). The van der Waals surface area contributed by atoms with Gasteiger partial charge in [0, 0.05) is 16.5 Å². The fraction of sp³-hybridized carbons (Fsp3) is 0.533. The Kier molecular flexibility index (Phi) is 2.35. The van der Waals surface area contributed by atoms with Gasteiger partial charge in [-0.3, -0.25) is 4.79 Å². The third kappa shape index (κ3) is 1.71. The van der Waals surface area contributed by atoms with Crippen LogP contribution in [-0.2, 0) is 10.2 Å². The fourth-order valence-corrected chi connectivity index (χ4v) is 3.15. The molecular weight excluding hydrogens is 280 g/mol. The van der Waals surface area contributed by atoms with E-state index in [9.17, 15) is 9.90 Å². The molecule has 0 radical (unpaired) electrons. The van der Waals surface area contributed by atoms with Crippen LogP contribution in [0.25, 0.3) is 0 Å². The summed E-state index contributed by atoms with van der Waals surface area (Å²) >= 11 is 6.27. The summed E-state index contributed by atoms with van der Waals surface area (Å²) in [4.78, 5) is 11.5. The summed E-state index contributed by atoms with van der Waals surface area (Å²) in [6.07, 6.45) is 3.51. The average molecular weight is 295 g/mol. The maximum absolute atomic E-state index is 11.5. The predicted molar refractivity (Wildman–Crippen MR) is 72.7 cm³/mol. The smallest absolute Gasteiger partial charge is 0.314 e. The van der Waals surface area contributed by atoms with Crippen molar-refractivity contribution in [3.8, 4) is 11.5 Å². The van der Waals surface area contributed by atoms with E-state index in [-0.39, 0.29) is 5.41 Å². The van der Waals surface area contributed by atoms with Gasteiger partial charge in [0.2, 0.25) is 0 Å². The minimum absolute atomic E-state index is 0.162. The van der Waals surface area contributed by atoms with E-state index in [1.54, 1.807) is 12.1 Å². The highest BCUT2D eigenvalue weighted by molar-refractivity contribution is 6.32. The normalized spacial score (nSPS) is 24.1. The van der Waals surface area contributed by atoms with Gasteiger partial charge in [0.1, 0.15) is 0 Å². The summed E-state index contributed by atoms with van der Waals surface area (Å²) in [7, 11) is 0. The van der Waals surface area contributed by atoms with E-state index in [1.807, 2.05) is 0 Å². The highest BCUT2D eigenvalue weighted by Crippen LogP contribution is 2.54. The molecule has 2 aliphatic carbocycles. The van der Waals surface area contributed by atoms with Crippen LogP contribution in [0.1, 0.15) is 31.2 Å². The summed E-state index contributed by atoms with van der Waals surface area (Å²) in [6.45, 7) is 1.29. The number of rotatable bonds is 2. The Morgan fingerprint density at radius 2 is 1.70 bits per heavy atom. The van der Waals surface area contributed by atoms with E-state index in [2.05, 4.69) is 0 Å². The van der Waals surface area contributed by atoms with E-state index in [1.165, 1.54) is 0 Å². The molecule has 4 nitrogen and oxygen atoms in total. The van der Waals surface area contributed by atoms with E-state index in [4.69, 9.17) is 21.1 Å². The lowest BCUT2D eigenvalue weighted by Crippen LogP contribution is -2.20. The molecule has 1 aliphatic heterocycles. The van der Waals surface area contributed by atoms with Gasteiger partial charge >= 0.3 is 5.97 Å². The number of halogens is 1. The lowest BCUT2D eigenvalue weighted by Gasteiger charge is -2.15. The van der Waals surface area contributed by atoms with E-state index < -0.39 is 11.4 Å². The first-order valence-electron chi connectivity index (χ1n) is 6.88. The summed E-state index contributed by atoms with van der Waals surface area (Å²) in [5.74, 6) is 0.442. The monoisotopic (exact) mass is 294 g/mol. The van der Waals surface area contributed by atoms with Crippen LogP contribution < -0.4 is 9.47 Å². The van der Waals surface area contributed by atoms with Crippen LogP contribution in [0, 0.1) is 5.41 Å². The maximum Gasteiger partial charge on any atom is 0.314 e. The van der Waals surface area contributed by atoms with Crippen LogP contribution >= 0.6 is 11.6 Å². The van der Waals surface area contributed by atoms with Crippen molar-refractivity contribution >= 4 is 17.6 Å². The van der Waals surface area contributed by atoms with Gasteiger partial charge in [-0.2, -0.15) is 0 Å². The molecule has 2 fully saturated rings. The van der Waals surface area contributed by atoms with Gasteiger partial charge in [-0.05, 0) is 37.3 Å². The van der Waals surface area contributed by atoms with Crippen molar-refractivity contribution in [1.82, 2.24) is 0 Å². The maximum atomic E-state index is 11.5. The van der Waals surface area contributed by atoms with Crippen LogP contribution in [-0.4, -0.2) is 24.3 Å². The lowest BCUT2D eigenvalue weighted by atomic mass is 9.95. The van der Waals surface area contributed by atoms with Gasteiger partial charge in [-0.25, -0.2) is 0 Å². The Morgan fingerprint density at radius 1 is 1.10 bits per heavy atom. The quantitative estimate of drug-likeness (QED) is 0.911.